The van der Waals surface area contributed by atoms with E-state index in [0.29, 0.717) is 24.1 Å². The summed E-state index contributed by atoms with van der Waals surface area (Å²) in [7, 11) is 0. The molecule has 5 rings (SSSR count). The summed E-state index contributed by atoms with van der Waals surface area (Å²) in [5.74, 6) is -1.90. The average Bonchev–Trinajstić information content (AvgIpc) is 3.61. The number of aryl methyl sites for hydroxylation is 2. The highest BCUT2D eigenvalue weighted by Gasteiger charge is 2.27. The minimum absolute atomic E-state index is 0.0268. The Morgan fingerprint density at radius 1 is 1.07 bits per heavy atom. The van der Waals surface area contributed by atoms with Crippen LogP contribution in [-0.2, 0) is 17.7 Å². The van der Waals surface area contributed by atoms with Crippen molar-refractivity contribution in [3.8, 4) is 5.69 Å². The number of carbonyl (C=O) groups excluding carboxylic acids is 3. The van der Waals surface area contributed by atoms with Gasteiger partial charge in [-0.15, -0.1) is 5.10 Å². The van der Waals surface area contributed by atoms with E-state index in [1.54, 1.807) is 32.0 Å². The highest BCUT2D eigenvalue weighted by molar-refractivity contribution is 5.97. The molecule has 2 amide bonds. The lowest BCUT2D eigenvalue weighted by molar-refractivity contribution is 0.0508. The van der Waals surface area contributed by atoms with Crippen molar-refractivity contribution in [3.05, 3.63) is 94.1 Å². The molecule has 0 bridgehead atoms. The number of hydrogen-bond donors (Lipinski definition) is 2. The SMILES string of the molecule is CCOC(=O)c1nnnn1-c1ccc2c(c1)CCC2NC(=O)c1cc(C(=O)NCc2ccc(F)c(C)c2)ncn1. The summed E-state index contributed by atoms with van der Waals surface area (Å²) in [6, 6.07) is 11.1. The van der Waals surface area contributed by atoms with E-state index in [9.17, 15) is 18.8 Å². The van der Waals surface area contributed by atoms with Gasteiger partial charge in [0.1, 0.15) is 23.5 Å². The number of tetrazole rings is 1. The summed E-state index contributed by atoms with van der Waals surface area (Å²) in [4.78, 5) is 45.8. The highest BCUT2D eigenvalue weighted by Crippen LogP contribution is 2.32. The van der Waals surface area contributed by atoms with Gasteiger partial charge in [-0.25, -0.2) is 19.2 Å². The number of carbonyl (C=O) groups is 3. The standard InChI is InChI=1S/C27H25FN8O4/c1-3-40-27(39)24-33-34-35-36(24)18-6-7-19-17(11-18)5-9-21(19)32-26(38)23-12-22(30-14-31-23)25(37)29-13-16-4-8-20(28)15(2)10-16/h4,6-8,10-12,14,21H,3,5,9,13H2,1-2H3,(H,29,37)(H,32,38). The largest absolute Gasteiger partial charge is 0.460 e. The smallest absolute Gasteiger partial charge is 0.378 e. The van der Waals surface area contributed by atoms with Crippen LogP contribution in [0.15, 0.2) is 48.8 Å². The van der Waals surface area contributed by atoms with Crippen molar-refractivity contribution >= 4 is 17.8 Å². The van der Waals surface area contributed by atoms with Gasteiger partial charge in [0.15, 0.2) is 0 Å². The Kier molecular flexibility index (Phi) is 7.53. The zero-order chi connectivity index (χ0) is 28.2. The number of hydrogen-bond acceptors (Lipinski definition) is 9. The molecule has 2 aromatic carbocycles. The number of halogens is 1. The number of nitrogens with zero attached hydrogens (tertiary/aromatic N) is 6. The van der Waals surface area contributed by atoms with Crippen LogP contribution in [0.2, 0.25) is 0 Å². The van der Waals surface area contributed by atoms with E-state index in [-0.39, 0.29) is 42.2 Å². The summed E-state index contributed by atoms with van der Waals surface area (Å²) in [6.07, 6.45) is 2.50. The molecule has 1 aliphatic rings. The molecule has 204 valence electrons. The maximum Gasteiger partial charge on any atom is 0.378 e. The Balaban J connectivity index is 1.25. The third-order valence-electron chi connectivity index (χ3n) is 6.49. The van der Waals surface area contributed by atoms with Gasteiger partial charge in [0.05, 0.1) is 18.3 Å². The molecule has 4 aromatic rings. The van der Waals surface area contributed by atoms with Crippen molar-refractivity contribution in [2.45, 2.75) is 39.3 Å². The van der Waals surface area contributed by atoms with Gasteiger partial charge >= 0.3 is 5.97 Å². The van der Waals surface area contributed by atoms with Crippen LogP contribution in [0.25, 0.3) is 5.69 Å². The third-order valence-corrected chi connectivity index (χ3v) is 6.49. The van der Waals surface area contributed by atoms with E-state index >= 15 is 0 Å². The van der Waals surface area contributed by atoms with Crippen molar-refractivity contribution in [2.24, 2.45) is 0 Å². The van der Waals surface area contributed by atoms with Gasteiger partial charge in [-0.3, -0.25) is 9.59 Å². The molecule has 1 atom stereocenters. The number of aromatic nitrogens is 6. The first-order valence-corrected chi connectivity index (χ1v) is 12.6. The normalized spacial score (nSPS) is 13.9. The van der Waals surface area contributed by atoms with Crippen molar-refractivity contribution in [1.82, 2.24) is 40.8 Å². The maximum absolute atomic E-state index is 13.5. The number of benzene rings is 2. The van der Waals surface area contributed by atoms with E-state index in [0.717, 1.165) is 23.0 Å². The molecule has 0 radical (unpaired) electrons. The van der Waals surface area contributed by atoms with Crippen LogP contribution in [-0.4, -0.2) is 54.6 Å². The monoisotopic (exact) mass is 544 g/mol. The second kappa shape index (κ2) is 11.4. The van der Waals surface area contributed by atoms with Gasteiger partial charge in [0, 0.05) is 12.6 Å². The molecule has 40 heavy (non-hydrogen) atoms. The Labute approximate surface area is 228 Å². The Morgan fingerprint density at radius 2 is 1.88 bits per heavy atom. The van der Waals surface area contributed by atoms with E-state index < -0.39 is 17.8 Å². The Hall–Kier alpha value is -5.07. The lowest BCUT2D eigenvalue weighted by Crippen LogP contribution is -2.29. The van der Waals surface area contributed by atoms with E-state index in [4.69, 9.17) is 4.74 Å². The van der Waals surface area contributed by atoms with E-state index in [1.807, 2.05) is 12.1 Å². The van der Waals surface area contributed by atoms with Crippen LogP contribution in [0.5, 0.6) is 0 Å². The van der Waals surface area contributed by atoms with Gasteiger partial charge in [-0.05, 0) is 77.6 Å². The fourth-order valence-electron chi connectivity index (χ4n) is 4.50. The molecule has 0 aliphatic heterocycles. The van der Waals surface area contributed by atoms with Crippen molar-refractivity contribution < 1.29 is 23.5 Å². The number of rotatable bonds is 8. The van der Waals surface area contributed by atoms with Crippen molar-refractivity contribution in [1.29, 1.82) is 0 Å². The predicted octanol–water partition coefficient (Wildman–Crippen LogP) is 2.42. The first-order chi connectivity index (χ1) is 19.3. The van der Waals surface area contributed by atoms with Crippen LogP contribution in [0.4, 0.5) is 4.39 Å². The van der Waals surface area contributed by atoms with Crippen molar-refractivity contribution in [3.63, 3.8) is 0 Å². The first kappa shape index (κ1) is 26.5. The molecule has 0 fully saturated rings. The van der Waals surface area contributed by atoms with Crippen LogP contribution in [0.1, 0.15) is 73.2 Å². The molecule has 13 heteroatoms. The second-order valence-electron chi connectivity index (χ2n) is 9.14. The van der Waals surface area contributed by atoms with Crippen LogP contribution >= 0.6 is 0 Å². The molecule has 12 nitrogen and oxygen atoms in total. The van der Waals surface area contributed by atoms with Gasteiger partial charge in [0.2, 0.25) is 0 Å². The zero-order valence-electron chi connectivity index (χ0n) is 21.7. The molecule has 0 saturated carbocycles. The van der Waals surface area contributed by atoms with Crippen LogP contribution in [0, 0.1) is 12.7 Å². The molecular weight excluding hydrogens is 519 g/mol. The number of esters is 1. The molecule has 1 unspecified atom stereocenters. The number of fused-ring (bicyclic) bond motifs is 1. The molecular formula is C27H25FN8O4. The summed E-state index contributed by atoms with van der Waals surface area (Å²) in [5, 5.41) is 16.9. The second-order valence-corrected chi connectivity index (χ2v) is 9.14. The lowest BCUT2D eigenvalue weighted by atomic mass is 10.1. The predicted molar refractivity (Wildman–Crippen MR) is 138 cm³/mol. The molecule has 2 aromatic heterocycles. The average molecular weight is 545 g/mol. The zero-order valence-corrected chi connectivity index (χ0v) is 21.7. The van der Waals surface area contributed by atoms with Gasteiger partial charge in [-0.2, -0.15) is 4.68 Å². The summed E-state index contributed by atoms with van der Waals surface area (Å²) < 4.78 is 19.8. The molecule has 1 aliphatic carbocycles. The minimum Gasteiger partial charge on any atom is -0.460 e. The van der Waals surface area contributed by atoms with E-state index in [2.05, 4.69) is 36.1 Å². The fourth-order valence-corrected chi connectivity index (χ4v) is 4.50. The molecule has 2 heterocycles. The fraction of sp³-hybridized carbons (Fsp3) is 0.259. The summed E-state index contributed by atoms with van der Waals surface area (Å²) in [6.45, 7) is 3.72. The lowest BCUT2D eigenvalue weighted by Gasteiger charge is -2.14. The summed E-state index contributed by atoms with van der Waals surface area (Å²) >= 11 is 0. The maximum atomic E-state index is 13.5. The molecule has 0 spiro atoms. The third kappa shape index (κ3) is 5.53. The van der Waals surface area contributed by atoms with Crippen LogP contribution < -0.4 is 10.6 Å². The number of amides is 2. The topological polar surface area (TPSA) is 154 Å². The highest BCUT2D eigenvalue weighted by atomic mass is 19.1. The van der Waals surface area contributed by atoms with Gasteiger partial charge in [0.25, 0.3) is 17.6 Å². The molecule has 2 N–H and O–H groups in total. The van der Waals surface area contributed by atoms with Gasteiger partial charge in [-0.1, -0.05) is 18.2 Å². The quantitative estimate of drug-likeness (QED) is 0.318. The number of ether oxygens (including phenoxy) is 1. The van der Waals surface area contributed by atoms with Crippen molar-refractivity contribution in [2.75, 3.05) is 6.61 Å². The van der Waals surface area contributed by atoms with E-state index in [1.165, 1.54) is 16.8 Å². The Bertz CT molecular complexity index is 1610. The van der Waals surface area contributed by atoms with Crippen LogP contribution in [0.3, 0.4) is 0 Å². The number of nitrogens with one attached hydrogen (secondary N) is 2. The minimum atomic E-state index is -0.624. The Morgan fingerprint density at radius 3 is 2.65 bits per heavy atom. The molecule has 0 saturated heterocycles. The summed E-state index contributed by atoms with van der Waals surface area (Å²) in [5.41, 5.74) is 3.80. The first-order valence-electron chi connectivity index (χ1n) is 12.6. The van der Waals surface area contributed by atoms with Gasteiger partial charge < -0.3 is 15.4 Å².